The Morgan fingerprint density at radius 3 is 2.83 bits per heavy atom. The maximum atomic E-state index is 14.8. The van der Waals surface area contributed by atoms with Gasteiger partial charge in [0.15, 0.2) is 5.82 Å². The van der Waals surface area contributed by atoms with E-state index in [-0.39, 0.29) is 24.7 Å². The van der Waals surface area contributed by atoms with Gasteiger partial charge in [-0.05, 0) is 35.9 Å². The highest BCUT2D eigenvalue weighted by Crippen LogP contribution is 2.25. The van der Waals surface area contributed by atoms with E-state index in [2.05, 4.69) is 20.6 Å². The first-order chi connectivity index (χ1) is 14.5. The van der Waals surface area contributed by atoms with E-state index in [9.17, 15) is 14.0 Å². The Kier molecular flexibility index (Phi) is 5.38. The van der Waals surface area contributed by atoms with Crippen LogP contribution in [0.2, 0.25) is 0 Å². The van der Waals surface area contributed by atoms with E-state index in [0.29, 0.717) is 17.8 Å². The highest BCUT2D eigenvalue weighted by atomic mass is 19.1. The van der Waals surface area contributed by atoms with Gasteiger partial charge < -0.3 is 10.1 Å². The van der Waals surface area contributed by atoms with E-state index >= 15 is 0 Å². The zero-order valence-corrected chi connectivity index (χ0v) is 16.2. The first-order valence-corrected chi connectivity index (χ1v) is 9.32. The van der Waals surface area contributed by atoms with Gasteiger partial charge in [-0.2, -0.15) is 0 Å². The van der Waals surface area contributed by atoms with E-state index in [1.165, 1.54) is 28.6 Å². The summed E-state index contributed by atoms with van der Waals surface area (Å²) in [6.45, 7) is 1.81. The van der Waals surface area contributed by atoms with Gasteiger partial charge in [-0.15, -0.1) is 5.10 Å². The number of hydrogen-bond acceptors (Lipinski definition) is 6. The van der Waals surface area contributed by atoms with Crippen molar-refractivity contribution in [2.45, 2.75) is 19.4 Å². The van der Waals surface area contributed by atoms with Crippen LogP contribution >= 0.6 is 0 Å². The highest BCUT2D eigenvalue weighted by Gasteiger charge is 2.32. The Hall–Kier alpha value is -3.82. The second-order valence-corrected chi connectivity index (χ2v) is 6.88. The van der Waals surface area contributed by atoms with Crippen molar-refractivity contribution in [3.8, 4) is 5.69 Å². The summed E-state index contributed by atoms with van der Waals surface area (Å²) in [5, 5.41) is 10.7. The predicted octanol–water partition coefficient (Wildman–Crippen LogP) is 1.85. The number of carbonyl (C=O) groups excluding carboxylic acids is 2. The summed E-state index contributed by atoms with van der Waals surface area (Å²) in [5.41, 5.74) is 2.29. The topological polar surface area (TPSA) is 102 Å². The summed E-state index contributed by atoms with van der Waals surface area (Å²) in [6, 6.07) is 8.15. The Bertz CT molecular complexity index is 1070. The molecule has 3 heterocycles. The fraction of sp³-hybridized carbons (Fsp3) is 0.250. The molecule has 1 aliphatic heterocycles. The highest BCUT2D eigenvalue weighted by molar-refractivity contribution is 5.90. The van der Waals surface area contributed by atoms with Gasteiger partial charge in [-0.25, -0.2) is 13.9 Å². The minimum Gasteiger partial charge on any atom is -0.442 e. The molecule has 0 bridgehead atoms. The SMILES string of the molecule is CC(=O)NC[C@H]1CN(c2ccc(-n3cc(Cc4ccncc4)nn3)c(F)c2)C(=O)O1. The van der Waals surface area contributed by atoms with Crippen LogP contribution in [0.4, 0.5) is 14.9 Å². The number of aromatic nitrogens is 4. The fourth-order valence-electron chi connectivity index (χ4n) is 3.15. The number of pyridine rings is 1. The van der Waals surface area contributed by atoms with Crippen LogP contribution in [0, 0.1) is 5.82 Å². The van der Waals surface area contributed by atoms with Crippen molar-refractivity contribution in [2.24, 2.45) is 0 Å². The molecule has 30 heavy (non-hydrogen) atoms. The van der Waals surface area contributed by atoms with E-state index in [0.717, 1.165) is 5.56 Å². The van der Waals surface area contributed by atoms with Crippen molar-refractivity contribution >= 4 is 17.7 Å². The molecule has 1 N–H and O–H groups in total. The number of cyclic esters (lactones) is 1. The third kappa shape index (κ3) is 4.27. The van der Waals surface area contributed by atoms with E-state index < -0.39 is 18.0 Å². The molecule has 0 radical (unpaired) electrons. The molecule has 0 aliphatic carbocycles. The molecule has 2 aromatic heterocycles. The molecule has 4 rings (SSSR count). The number of rotatable bonds is 6. The van der Waals surface area contributed by atoms with Crippen molar-refractivity contribution < 1.29 is 18.7 Å². The van der Waals surface area contributed by atoms with Crippen molar-refractivity contribution in [2.75, 3.05) is 18.0 Å². The quantitative estimate of drug-likeness (QED) is 0.666. The van der Waals surface area contributed by atoms with Crippen LogP contribution in [-0.2, 0) is 16.0 Å². The molecular formula is C20H19FN6O3. The van der Waals surface area contributed by atoms with E-state index in [1.54, 1.807) is 24.7 Å². The lowest BCUT2D eigenvalue weighted by molar-refractivity contribution is -0.119. The number of nitrogens with one attached hydrogen (secondary N) is 1. The number of amides is 2. The average Bonchev–Trinajstić information content (AvgIpc) is 3.33. The molecule has 2 amide bonds. The number of ether oxygens (including phenoxy) is 1. The summed E-state index contributed by atoms with van der Waals surface area (Å²) in [4.78, 5) is 28.4. The molecule has 0 spiro atoms. The minimum atomic E-state index is -0.585. The second kappa shape index (κ2) is 8.27. The number of benzene rings is 1. The molecular weight excluding hydrogens is 391 g/mol. The lowest BCUT2D eigenvalue weighted by Gasteiger charge is -2.14. The van der Waals surface area contributed by atoms with Gasteiger partial charge in [0.2, 0.25) is 5.91 Å². The maximum absolute atomic E-state index is 14.8. The number of carbonyl (C=O) groups is 2. The third-order valence-corrected chi connectivity index (χ3v) is 4.62. The molecule has 1 aromatic carbocycles. The molecule has 10 heteroatoms. The summed E-state index contributed by atoms with van der Waals surface area (Å²) in [7, 11) is 0. The Morgan fingerprint density at radius 2 is 2.10 bits per heavy atom. The van der Waals surface area contributed by atoms with Gasteiger partial charge in [0.05, 0.1) is 30.7 Å². The maximum Gasteiger partial charge on any atom is 0.414 e. The molecule has 1 fully saturated rings. The Morgan fingerprint density at radius 1 is 1.30 bits per heavy atom. The normalized spacial score (nSPS) is 15.9. The Labute approximate surface area is 171 Å². The van der Waals surface area contributed by atoms with E-state index in [4.69, 9.17) is 4.74 Å². The third-order valence-electron chi connectivity index (χ3n) is 4.62. The van der Waals surface area contributed by atoms with Crippen molar-refractivity contribution in [1.82, 2.24) is 25.3 Å². The predicted molar refractivity (Wildman–Crippen MR) is 105 cm³/mol. The van der Waals surface area contributed by atoms with Gasteiger partial charge in [-0.3, -0.25) is 14.7 Å². The molecule has 9 nitrogen and oxygen atoms in total. The van der Waals surface area contributed by atoms with Crippen LogP contribution in [0.5, 0.6) is 0 Å². The lowest BCUT2D eigenvalue weighted by Crippen LogP contribution is -2.33. The van der Waals surface area contributed by atoms with Crippen LogP contribution < -0.4 is 10.2 Å². The number of hydrogen-bond donors (Lipinski definition) is 1. The fourth-order valence-corrected chi connectivity index (χ4v) is 3.15. The largest absolute Gasteiger partial charge is 0.442 e. The molecule has 154 valence electrons. The molecule has 1 atom stereocenters. The van der Waals surface area contributed by atoms with E-state index in [1.807, 2.05) is 12.1 Å². The van der Waals surface area contributed by atoms with Crippen LogP contribution in [0.3, 0.4) is 0 Å². The van der Waals surface area contributed by atoms with Crippen LogP contribution in [-0.4, -0.2) is 51.2 Å². The number of halogens is 1. The molecule has 3 aromatic rings. The van der Waals surface area contributed by atoms with Gasteiger partial charge in [0.25, 0.3) is 0 Å². The van der Waals surface area contributed by atoms with Gasteiger partial charge in [0.1, 0.15) is 11.8 Å². The lowest BCUT2D eigenvalue weighted by atomic mass is 10.1. The zero-order valence-electron chi connectivity index (χ0n) is 16.2. The van der Waals surface area contributed by atoms with Crippen LogP contribution in [0.15, 0.2) is 48.9 Å². The van der Waals surface area contributed by atoms with Crippen LogP contribution in [0.1, 0.15) is 18.2 Å². The summed E-state index contributed by atoms with van der Waals surface area (Å²) in [6.07, 6.45) is 4.53. The van der Waals surface area contributed by atoms with Crippen molar-refractivity contribution in [3.05, 3.63) is 66.0 Å². The molecule has 1 saturated heterocycles. The van der Waals surface area contributed by atoms with Gasteiger partial charge >= 0.3 is 6.09 Å². The zero-order chi connectivity index (χ0) is 21.1. The second-order valence-electron chi connectivity index (χ2n) is 6.88. The minimum absolute atomic E-state index is 0.206. The number of anilines is 1. The van der Waals surface area contributed by atoms with Gasteiger partial charge in [0, 0.05) is 25.7 Å². The Balaban J connectivity index is 1.47. The number of nitrogens with zero attached hydrogens (tertiary/aromatic N) is 5. The first-order valence-electron chi connectivity index (χ1n) is 9.32. The smallest absolute Gasteiger partial charge is 0.414 e. The summed E-state index contributed by atoms with van der Waals surface area (Å²) in [5.74, 6) is -0.762. The molecule has 0 saturated carbocycles. The van der Waals surface area contributed by atoms with Gasteiger partial charge in [-0.1, -0.05) is 5.21 Å². The summed E-state index contributed by atoms with van der Waals surface area (Å²) < 4.78 is 21.3. The molecule has 0 unspecified atom stereocenters. The monoisotopic (exact) mass is 410 g/mol. The van der Waals surface area contributed by atoms with Crippen molar-refractivity contribution in [1.29, 1.82) is 0 Å². The van der Waals surface area contributed by atoms with Crippen LogP contribution in [0.25, 0.3) is 5.69 Å². The van der Waals surface area contributed by atoms with Crippen molar-refractivity contribution in [3.63, 3.8) is 0 Å². The standard InChI is InChI=1S/C20H19FN6O3/c1-13(28)23-10-17-12-26(20(29)30-17)16-2-3-19(18(21)9-16)27-11-15(24-25-27)8-14-4-6-22-7-5-14/h2-7,9,11,17H,8,10,12H2,1H3,(H,23,28)/t17-/m0/s1. The first kappa shape index (κ1) is 19.5. The summed E-state index contributed by atoms with van der Waals surface area (Å²) >= 11 is 0. The molecule has 1 aliphatic rings. The average molecular weight is 410 g/mol.